The minimum Gasteiger partial charge on any atom is -0.462 e. The highest BCUT2D eigenvalue weighted by Gasteiger charge is 2.25. The molecule has 2 aromatic heterocycles. The summed E-state index contributed by atoms with van der Waals surface area (Å²) in [7, 11) is 0. The van der Waals surface area contributed by atoms with Gasteiger partial charge in [-0.05, 0) is 29.8 Å². The highest BCUT2D eigenvalue weighted by atomic mass is 32.1. The number of thiazole rings is 1. The van der Waals surface area contributed by atoms with Crippen molar-refractivity contribution in [2.24, 2.45) is 0 Å². The van der Waals surface area contributed by atoms with Crippen molar-refractivity contribution in [1.29, 1.82) is 0 Å². The first-order valence-corrected chi connectivity index (χ1v) is 9.12. The molecule has 1 N–H and O–H groups in total. The summed E-state index contributed by atoms with van der Waals surface area (Å²) in [6, 6.07) is 8.91. The average Bonchev–Trinajstić information content (AvgIpc) is 3.30. The van der Waals surface area contributed by atoms with Gasteiger partial charge in [-0.15, -0.1) is 5.10 Å². The maximum atomic E-state index is 12.9. The molecule has 1 amide bonds. The van der Waals surface area contributed by atoms with Gasteiger partial charge in [0.25, 0.3) is 5.91 Å². The van der Waals surface area contributed by atoms with E-state index in [1.807, 2.05) is 30.3 Å². The molecule has 10 heteroatoms. The number of ether oxygens (including phenoxy) is 1. The van der Waals surface area contributed by atoms with Crippen molar-refractivity contribution in [3.05, 3.63) is 52.8 Å². The fourth-order valence-corrected chi connectivity index (χ4v) is 3.34. The van der Waals surface area contributed by atoms with E-state index in [0.29, 0.717) is 22.1 Å². The highest BCUT2D eigenvalue weighted by molar-refractivity contribution is 7.17. The Kier molecular flexibility index (Phi) is 5.87. The van der Waals surface area contributed by atoms with Crippen molar-refractivity contribution in [2.75, 3.05) is 11.9 Å². The van der Waals surface area contributed by atoms with Gasteiger partial charge in [-0.3, -0.25) is 4.79 Å². The lowest BCUT2D eigenvalue weighted by Gasteiger charge is -2.15. The number of tetrazole rings is 1. The Bertz CT molecular complexity index is 910. The average molecular weight is 386 g/mol. The van der Waals surface area contributed by atoms with Gasteiger partial charge in [0.1, 0.15) is 17.2 Å². The fourth-order valence-electron chi connectivity index (χ4n) is 2.48. The molecule has 9 nitrogen and oxygen atoms in total. The molecule has 0 spiro atoms. The first kappa shape index (κ1) is 18.6. The summed E-state index contributed by atoms with van der Waals surface area (Å²) in [5.74, 6) is -0.773. The minimum absolute atomic E-state index is 0.274. The molecule has 0 aliphatic heterocycles. The lowest BCUT2D eigenvalue weighted by atomic mass is 10.1. The van der Waals surface area contributed by atoms with E-state index in [1.165, 1.54) is 11.0 Å². The van der Waals surface area contributed by atoms with Gasteiger partial charge in [-0.1, -0.05) is 41.7 Å². The quantitative estimate of drug-likeness (QED) is 0.618. The second-order valence-corrected chi connectivity index (χ2v) is 6.64. The van der Waals surface area contributed by atoms with Gasteiger partial charge in [0, 0.05) is 6.42 Å². The van der Waals surface area contributed by atoms with Crippen molar-refractivity contribution in [3.63, 3.8) is 0 Å². The van der Waals surface area contributed by atoms with Crippen LogP contribution in [0.1, 0.15) is 33.9 Å². The van der Waals surface area contributed by atoms with Crippen molar-refractivity contribution in [1.82, 2.24) is 25.2 Å². The smallest absolute Gasteiger partial charge is 0.350 e. The topological polar surface area (TPSA) is 112 Å². The standard InChI is InChI=1S/C17H18N6O3S/c1-3-26-16(25)14-11(2)19-17(27-14)20-15(24)13(23-10-18-21-22-23)9-12-7-5-4-6-8-12/h4-8,10,13H,3,9H2,1-2H3,(H,19,20,24)/t13-/m0/s1. The van der Waals surface area contributed by atoms with E-state index in [2.05, 4.69) is 25.8 Å². The predicted octanol–water partition coefficient (Wildman–Crippen LogP) is 2.04. The van der Waals surface area contributed by atoms with E-state index < -0.39 is 12.0 Å². The summed E-state index contributed by atoms with van der Waals surface area (Å²) in [4.78, 5) is 29.4. The van der Waals surface area contributed by atoms with Crippen LogP contribution >= 0.6 is 11.3 Å². The van der Waals surface area contributed by atoms with Gasteiger partial charge in [-0.2, -0.15) is 0 Å². The summed E-state index contributed by atoms with van der Waals surface area (Å²) in [6.07, 6.45) is 1.80. The highest BCUT2D eigenvalue weighted by Crippen LogP contribution is 2.25. The number of hydrogen-bond acceptors (Lipinski definition) is 8. The molecule has 1 atom stereocenters. The molecule has 0 aliphatic carbocycles. The lowest BCUT2D eigenvalue weighted by molar-refractivity contribution is -0.119. The number of rotatable bonds is 7. The number of esters is 1. The number of carbonyl (C=O) groups excluding carboxylic acids is 2. The number of nitrogens with one attached hydrogen (secondary N) is 1. The number of aromatic nitrogens is 5. The van der Waals surface area contributed by atoms with Gasteiger partial charge >= 0.3 is 5.97 Å². The molecule has 0 bridgehead atoms. The predicted molar refractivity (Wildman–Crippen MR) is 98.4 cm³/mol. The Morgan fingerprint density at radius 3 is 2.74 bits per heavy atom. The van der Waals surface area contributed by atoms with Crippen LogP contribution in [0, 0.1) is 6.92 Å². The van der Waals surface area contributed by atoms with E-state index >= 15 is 0 Å². The van der Waals surface area contributed by atoms with Gasteiger partial charge < -0.3 is 10.1 Å². The number of hydrogen-bond donors (Lipinski definition) is 1. The summed E-state index contributed by atoms with van der Waals surface area (Å²) < 4.78 is 6.40. The summed E-state index contributed by atoms with van der Waals surface area (Å²) in [5, 5.41) is 14.2. The maximum absolute atomic E-state index is 12.9. The molecule has 0 saturated carbocycles. The Balaban J connectivity index is 1.79. The molecular weight excluding hydrogens is 368 g/mol. The zero-order valence-corrected chi connectivity index (χ0v) is 15.6. The molecule has 0 fully saturated rings. The molecule has 27 heavy (non-hydrogen) atoms. The first-order chi connectivity index (χ1) is 13.1. The number of aryl methyl sites for hydroxylation is 1. The van der Waals surface area contributed by atoms with Gasteiger partial charge in [0.05, 0.1) is 12.3 Å². The molecule has 2 heterocycles. The second kappa shape index (κ2) is 8.49. The van der Waals surface area contributed by atoms with Crippen LogP contribution in [0.5, 0.6) is 0 Å². The fraction of sp³-hybridized carbons (Fsp3) is 0.294. The van der Waals surface area contributed by atoms with Crippen LogP contribution in [0.25, 0.3) is 0 Å². The largest absolute Gasteiger partial charge is 0.462 e. The second-order valence-electron chi connectivity index (χ2n) is 5.64. The van der Waals surface area contributed by atoms with E-state index in [1.54, 1.807) is 13.8 Å². The van der Waals surface area contributed by atoms with Crippen molar-refractivity contribution in [3.8, 4) is 0 Å². The van der Waals surface area contributed by atoms with Crippen LogP contribution in [-0.2, 0) is 16.0 Å². The van der Waals surface area contributed by atoms with E-state index in [-0.39, 0.29) is 12.5 Å². The van der Waals surface area contributed by atoms with Gasteiger partial charge in [0.2, 0.25) is 0 Å². The van der Waals surface area contributed by atoms with Crippen LogP contribution in [0.4, 0.5) is 5.13 Å². The van der Waals surface area contributed by atoms with E-state index in [9.17, 15) is 9.59 Å². The Morgan fingerprint density at radius 2 is 2.07 bits per heavy atom. The van der Waals surface area contributed by atoms with Gasteiger partial charge in [0.15, 0.2) is 5.13 Å². The van der Waals surface area contributed by atoms with Crippen molar-refractivity contribution < 1.29 is 14.3 Å². The monoisotopic (exact) mass is 386 g/mol. The summed E-state index contributed by atoms with van der Waals surface area (Å²) >= 11 is 1.08. The van der Waals surface area contributed by atoms with Crippen LogP contribution < -0.4 is 5.32 Å². The van der Waals surface area contributed by atoms with Crippen LogP contribution in [0.3, 0.4) is 0 Å². The third kappa shape index (κ3) is 4.53. The van der Waals surface area contributed by atoms with Crippen molar-refractivity contribution >= 4 is 28.3 Å². The third-order valence-electron chi connectivity index (χ3n) is 3.75. The van der Waals surface area contributed by atoms with E-state index in [4.69, 9.17) is 4.74 Å². The Labute approximate surface area is 159 Å². The van der Waals surface area contributed by atoms with Crippen LogP contribution in [-0.4, -0.2) is 43.7 Å². The number of benzene rings is 1. The molecule has 0 aliphatic rings. The Hall–Kier alpha value is -3.14. The minimum atomic E-state index is -0.655. The normalized spacial score (nSPS) is 11.8. The van der Waals surface area contributed by atoms with Crippen LogP contribution in [0.2, 0.25) is 0 Å². The molecule has 0 radical (unpaired) electrons. The Morgan fingerprint density at radius 1 is 1.30 bits per heavy atom. The lowest BCUT2D eigenvalue weighted by Crippen LogP contribution is -2.28. The van der Waals surface area contributed by atoms with E-state index in [0.717, 1.165) is 16.9 Å². The molecule has 0 unspecified atom stereocenters. The number of nitrogens with zero attached hydrogens (tertiary/aromatic N) is 5. The maximum Gasteiger partial charge on any atom is 0.350 e. The molecule has 3 rings (SSSR count). The summed E-state index contributed by atoms with van der Waals surface area (Å²) in [5.41, 5.74) is 1.48. The summed E-state index contributed by atoms with van der Waals surface area (Å²) in [6.45, 7) is 3.70. The third-order valence-corrected chi connectivity index (χ3v) is 4.80. The number of carbonyl (C=O) groups is 2. The van der Waals surface area contributed by atoms with Crippen molar-refractivity contribution in [2.45, 2.75) is 26.3 Å². The first-order valence-electron chi connectivity index (χ1n) is 8.30. The zero-order valence-electron chi connectivity index (χ0n) is 14.8. The molecule has 3 aromatic rings. The molecule has 1 aromatic carbocycles. The molecule has 140 valence electrons. The number of amides is 1. The molecular formula is C17H18N6O3S. The SMILES string of the molecule is CCOC(=O)c1sc(NC(=O)[C@H](Cc2ccccc2)n2cnnn2)nc1C. The zero-order chi connectivity index (χ0) is 19.2. The van der Waals surface area contributed by atoms with Crippen LogP contribution in [0.15, 0.2) is 36.7 Å². The molecule has 0 saturated heterocycles. The van der Waals surface area contributed by atoms with Gasteiger partial charge in [-0.25, -0.2) is 14.5 Å². The number of anilines is 1.